The standard InChI is InChI=1S/C14H10N2O5S/c17-8-3-4-9(10(18)6-8)14(19)20-7-12-15-13(16-21-12)11-2-1-5-22-11/h1-6,17-18H,7H2. The molecule has 22 heavy (non-hydrogen) atoms. The normalized spacial score (nSPS) is 10.5. The van der Waals surface area contributed by atoms with Gasteiger partial charge >= 0.3 is 5.97 Å². The first-order chi connectivity index (χ1) is 10.6. The van der Waals surface area contributed by atoms with E-state index in [9.17, 15) is 15.0 Å². The molecule has 112 valence electrons. The van der Waals surface area contributed by atoms with Gasteiger partial charge in [-0.15, -0.1) is 11.3 Å². The lowest BCUT2D eigenvalue weighted by Crippen LogP contribution is -2.05. The zero-order valence-corrected chi connectivity index (χ0v) is 11.9. The van der Waals surface area contributed by atoms with Gasteiger partial charge in [0.15, 0.2) is 6.61 Å². The van der Waals surface area contributed by atoms with Crippen LogP contribution in [0, 0.1) is 0 Å². The fraction of sp³-hybridized carbons (Fsp3) is 0.0714. The van der Waals surface area contributed by atoms with Crippen molar-refractivity contribution in [3.63, 3.8) is 0 Å². The number of esters is 1. The molecule has 0 aliphatic carbocycles. The van der Waals surface area contributed by atoms with Crippen molar-refractivity contribution in [2.24, 2.45) is 0 Å². The van der Waals surface area contributed by atoms with Crippen molar-refractivity contribution in [2.75, 3.05) is 0 Å². The summed E-state index contributed by atoms with van der Waals surface area (Å²) in [5.74, 6) is -0.696. The lowest BCUT2D eigenvalue weighted by molar-refractivity contribution is 0.0426. The molecule has 3 aromatic rings. The van der Waals surface area contributed by atoms with Crippen LogP contribution in [-0.4, -0.2) is 26.3 Å². The Morgan fingerprint density at radius 2 is 2.18 bits per heavy atom. The summed E-state index contributed by atoms with van der Waals surface area (Å²) in [5, 5.41) is 24.4. The molecular formula is C14H10N2O5S. The summed E-state index contributed by atoms with van der Waals surface area (Å²) >= 11 is 1.46. The molecule has 0 atom stereocenters. The molecule has 0 unspecified atom stereocenters. The molecule has 0 bridgehead atoms. The Labute approximate surface area is 128 Å². The first-order valence-corrected chi connectivity index (χ1v) is 7.07. The predicted molar refractivity (Wildman–Crippen MR) is 76.5 cm³/mol. The highest BCUT2D eigenvalue weighted by atomic mass is 32.1. The second-order valence-corrected chi connectivity index (χ2v) is 5.21. The smallest absolute Gasteiger partial charge is 0.342 e. The van der Waals surface area contributed by atoms with Crippen molar-refractivity contribution >= 4 is 17.3 Å². The quantitative estimate of drug-likeness (QED) is 0.712. The van der Waals surface area contributed by atoms with E-state index in [-0.39, 0.29) is 29.6 Å². The Balaban J connectivity index is 1.66. The highest BCUT2D eigenvalue weighted by molar-refractivity contribution is 7.13. The maximum absolute atomic E-state index is 11.8. The van der Waals surface area contributed by atoms with Gasteiger partial charge in [-0.2, -0.15) is 4.98 Å². The number of phenolic OH excluding ortho intramolecular Hbond substituents is 2. The van der Waals surface area contributed by atoms with Crippen molar-refractivity contribution < 1.29 is 24.3 Å². The largest absolute Gasteiger partial charge is 0.508 e. The predicted octanol–water partition coefficient (Wildman–Crippen LogP) is 2.57. The number of hydrogen-bond donors (Lipinski definition) is 2. The topological polar surface area (TPSA) is 106 Å². The van der Waals surface area contributed by atoms with Gasteiger partial charge in [0.1, 0.15) is 17.1 Å². The Bertz CT molecular complexity index is 797. The maximum atomic E-state index is 11.8. The van der Waals surface area contributed by atoms with Gasteiger partial charge in [-0.3, -0.25) is 0 Å². The van der Waals surface area contributed by atoms with Crippen molar-refractivity contribution in [2.45, 2.75) is 6.61 Å². The summed E-state index contributed by atoms with van der Waals surface area (Å²) < 4.78 is 9.98. The number of rotatable bonds is 4. The molecule has 0 saturated carbocycles. The minimum Gasteiger partial charge on any atom is -0.508 e. The van der Waals surface area contributed by atoms with Crippen molar-refractivity contribution in [3.8, 4) is 22.2 Å². The van der Waals surface area contributed by atoms with Crippen molar-refractivity contribution in [1.82, 2.24) is 10.1 Å². The number of hydrogen-bond acceptors (Lipinski definition) is 8. The number of benzene rings is 1. The molecule has 0 amide bonds. The summed E-state index contributed by atoms with van der Waals surface area (Å²) in [5.41, 5.74) is -0.0594. The monoisotopic (exact) mass is 318 g/mol. The number of ether oxygens (including phenoxy) is 1. The summed E-state index contributed by atoms with van der Waals surface area (Å²) in [6.07, 6.45) is 0. The molecule has 0 saturated heterocycles. The van der Waals surface area contributed by atoms with Gasteiger partial charge in [0.2, 0.25) is 5.82 Å². The van der Waals surface area contributed by atoms with Gasteiger partial charge in [0.25, 0.3) is 5.89 Å². The van der Waals surface area contributed by atoms with Crippen LogP contribution in [0.2, 0.25) is 0 Å². The Kier molecular flexibility index (Phi) is 3.75. The van der Waals surface area contributed by atoms with Crippen LogP contribution in [0.5, 0.6) is 11.5 Å². The number of aromatic nitrogens is 2. The summed E-state index contributed by atoms with van der Waals surface area (Å²) in [6.45, 7) is -0.211. The van der Waals surface area contributed by atoms with Gasteiger partial charge < -0.3 is 19.5 Å². The molecule has 2 aromatic heterocycles. The fourth-order valence-corrected chi connectivity index (χ4v) is 2.37. The molecule has 0 spiro atoms. The van der Waals surface area contributed by atoms with Gasteiger partial charge in [0, 0.05) is 6.07 Å². The van der Waals surface area contributed by atoms with Crippen LogP contribution in [0.25, 0.3) is 10.7 Å². The van der Waals surface area contributed by atoms with Gasteiger partial charge in [-0.1, -0.05) is 11.2 Å². The Hall–Kier alpha value is -2.87. The van der Waals surface area contributed by atoms with E-state index < -0.39 is 5.97 Å². The minimum atomic E-state index is -0.756. The Morgan fingerprint density at radius 3 is 2.91 bits per heavy atom. The zero-order valence-electron chi connectivity index (χ0n) is 11.1. The number of carbonyl (C=O) groups is 1. The van der Waals surface area contributed by atoms with E-state index in [2.05, 4.69) is 10.1 Å². The SMILES string of the molecule is O=C(OCc1nc(-c2cccs2)no1)c1ccc(O)cc1O. The molecule has 0 aliphatic heterocycles. The lowest BCUT2D eigenvalue weighted by atomic mass is 10.2. The zero-order chi connectivity index (χ0) is 15.5. The average Bonchev–Trinajstić information content (AvgIpc) is 3.16. The van der Waals surface area contributed by atoms with Crippen LogP contribution >= 0.6 is 11.3 Å². The van der Waals surface area contributed by atoms with Crippen LogP contribution < -0.4 is 0 Å². The fourth-order valence-electron chi connectivity index (χ4n) is 1.72. The van der Waals surface area contributed by atoms with Crippen LogP contribution in [0.3, 0.4) is 0 Å². The molecule has 2 N–H and O–H groups in total. The van der Waals surface area contributed by atoms with Gasteiger partial charge in [-0.05, 0) is 23.6 Å². The second-order valence-electron chi connectivity index (χ2n) is 4.27. The summed E-state index contributed by atoms with van der Waals surface area (Å²) in [6, 6.07) is 7.30. The Morgan fingerprint density at radius 1 is 1.32 bits per heavy atom. The first-order valence-electron chi connectivity index (χ1n) is 6.19. The van der Waals surface area contributed by atoms with Crippen LogP contribution in [0.1, 0.15) is 16.2 Å². The average molecular weight is 318 g/mol. The first kappa shape index (κ1) is 14.1. The van der Waals surface area contributed by atoms with Crippen molar-refractivity contribution in [1.29, 1.82) is 0 Å². The molecule has 0 fully saturated rings. The lowest BCUT2D eigenvalue weighted by Gasteiger charge is -2.04. The van der Waals surface area contributed by atoms with Crippen molar-refractivity contribution in [3.05, 3.63) is 47.2 Å². The summed E-state index contributed by atoms with van der Waals surface area (Å²) in [4.78, 5) is 16.8. The van der Waals surface area contributed by atoms with Gasteiger partial charge in [-0.25, -0.2) is 4.79 Å². The highest BCUT2D eigenvalue weighted by Gasteiger charge is 2.16. The van der Waals surface area contributed by atoms with Crippen LogP contribution in [-0.2, 0) is 11.3 Å². The maximum Gasteiger partial charge on any atom is 0.342 e. The third-order valence-electron chi connectivity index (χ3n) is 2.74. The molecule has 0 radical (unpaired) electrons. The number of nitrogens with zero attached hydrogens (tertiary/aromatic N) is 2. The van der Waals surface area contributed by atoms with E-state index in [1.54, 1.807) is 0 Å². The van der Waals surface area contributed by atoms with E-state index in [4.69, 9.17) is 9.26 Å². The van der Waals surface area contributed by atoms with Crippen LogP contribution in [0.15, 0.2) is 40.2 Å². The van der Waals surface area contributed by atoms with E-state index >= 15 is 0 Å². The van der Waals surface area contributed by atoms with E-state index in [1.165, 1.54) is 23.5 Å². The number of aromatic hydroxyl groups is 2. The molecular weight excluding hydrogens is 308 g/mol. The minimum absolute atomic E-state index is 0.0594. The van der Waals surface area contributed by atoms with Gasteiger partial charge in [0.05, 0.1) is 4.88 Å². The molecule has 7 nitrogen and oxygen atoms in total. The second kappa shape index (κ2) is 5.86. The van der Waals surface area contributed by atoms with E-state index in [1.807, 2.05) is 17.5 Å². The molecule has 2 heterocycles. The van der Waals surface area contributed by atoms with Crippen LogP contribution in [0.4, 0.5) is 0 Å². The third kappa shape index (κ3) is 2.91. The van der Waals surface area contributed by atoms with E-state index in [0.29, 0.717) is 5.82 Å². The number of carbonyl (C=O) groups excluding carboxylic acids is 1. The molecule has 0 aliphatic rings. The number of phenols is 2. The molecule has 1 aromatic carbocycles. The number of thiophene rings is 1. The summed E-state index contributed by atoms with van der Waals surface area (Å²) in [7, 11) is 0. The highest BCUT2D eigenvalue weighted by Crippen LogP contribution is 2.24. The molecule has 3 rings (SSSR count). The third-order valence-corrected chi connectivity index (χ3v) is 3.60. The molecule has 8 heteroatoms. The van der Waals surface area contributed by atoms with E-state index in [0.717, 1.165) is 10.9 Å².